The molecular formula is C25H24NO3+. The minimum Gasteiger partial charge on any atom is -0.504 e. The molecule has 0 radical (unpaired) electrons. The highest BCUT2D eigenvalue weighted by Gasteiger charge is 2.40. The predicted octanol–water partition coefficient (Wildman–Crippen LogP) is 3.60. The minimum absolute atomic E-state index is 0.0690. The summed E-state index contributed by atoms with van der Waals surface area (Å²) in [6, 6.07) is 20.8. The molecule has 0 aliphatic carbocycles. The first-order valence-corrected chi connectivity index (χ1v) is 10.0. The van der Waals surface area contributed by atoms with Crippen LogP contribution in [0.4, 0.5) is 0 Å². The summed E-state index contributed by atoms with van der Waals surface area (Å²) in [6.45, 7) is 0.985. The van der Waals surface area contributed by atoms with Crippen LogP contribution in [0.25, 0.3) is 0 Å². The van der Waals surface area contributed by atoms with Gasteiger partial charge in [0.25, 0.3) is 0 Å². The van der Waals surface area contributed by atoms with E-state index in [9.17, 15) is 10.2 Å². The van der Waals surface area contributed by atoms with Crippen LogP contribution in [0.5, 0.6) is 11.5 Å². The zero-order valence-corrected chi connectivity index (χ0v) is 16.4. The summed E-state index contributed by atoms with van der Waals surface area (Å²) in [7, 11) is 1.59. The van der Waals surface area contributed by atoms with Crippen molar-refractivity contribution in [1.82, 2.24) is 0 Å². The van der Waals surface area contributed by atoms with Gasteiger partial charge >= 0.3 is 0 Å². The molecule has 4 nitrogen and oxygen atoms in total. The Morgan fingerprint density at radius 2 is 1.86 bits per heavy atom. The Morgan fingerprint density at radius 1 is 1.03 bits per heavy atom. The van der Waals surface area contributed by atoms with Crippen molar-refractivity contribution in [3.8, 4) is 11.5 Å². The van der Waals surface area contributed by atoms with E-state index in [0.717, 1.165) is 36.1 Å². The Morgan fingerprint density at radius 3 is 2.62 bits per heavy atom. The van der Waals surface area contributed by atoms with E-state index in [1.54, 1.807) is 7.11 Å². The molecule has 1 atom stereocenters. The van der Waals surface area contributed by atoms with E-state index < -0.39 is 0 Å². The smallest absolute Gasteiger partial charge is 0.215 e. The van der Waals surface area contributed by atoms with Crippen molar-refractivity contribution >= 4 is 5.71 Å². The number of phenols is 1. The van der Waals surface area contributed by atoms with Crippen LogP contribution >= 0.6 is 0 Å². The van der Waals surface area contributed by atoms with Crippen molar-refractivity contribution in [1.29, 1.82) is 0 Å². The van der Waals surface area contributed by atoms with Crippen molar-refractivity contribution in [2.45, 2.75) is 25.5 Å². The highest BCUT2D eigenvalue weighted by Crippen LogP contribution is 2.40. The van der Waals surface area contributed by atoms with Gasteiger partial charge in [0.05, 0.1) is 19.3 Å². The molecule has 0 bridgehead atoms. The normalized spacial score (nSPS) is 17.4. The van der Waals surface area contributed by atoms with Crippen molar-refractivity contribution < 1.29 is 19.5 Å². The lowest BCUT2D eigenvalue weighted by Crippen LogP contribution is -2.38. The molecule has 0 fully saturated rings. The standard InChI is InChI=1S/C25H23NO3/c1-29-24-14-21-19(13-23(24)28)12-22-20-8-7-16(15-27)11-18(20)9-10-26(22)25(21)17-5-3-2-4-6-17/h2-8,11,13-14,22,27H,9-10,12,15H2,1H3/p+1/t22-/m0/s1. The monoisotopic (exact) mass is 386 g/mol. The molecule has 2 N–H and O–H groups in total. The van der Waals surface area contributed by atoms with Gasteiger partial charge in [-0.15, -0.1) is 0 Å². The SMILES string of the molecule is COc1cc2c(cc1O)C[C@H]1c3ccc(CO)cc3CC[N+]1=C2c1ccccc1. The first-order chi connectivity index (χ1) is 14.2. The number of ether oxygens (including phenoxy) is 1. The molecule has 2 heterocycles. The molecular weight excluding hydrogens is 362 g/mol. The number of methoxy groups -OCH3 is 1. The summed E-state index contributed by atoms with van der Waals surface area (Å²) in [6.07, 6.45) is 1.77. The van der Waals surface area contributed by atoms with Gasteiger partial charge in [-0.05, 0) is 41.0 Å². The summed E-state index contributed by atoms with van der Waals surface area (Å²) in [5, 5.41) is 19.9. The summed E-state index contributed by atoms with van der Waals surface area (Å²) >= 11 is 0. The first-order valence-electron chi connectivity index (χ1n) is 10.0. The summed E-state index contributed by atoms with van der Waals surface area (Å²) in [5.74, 6) is 0.680. The fourth-order valence-electron chi connectivity index (χ4n) is 4.80. The van der Waals surface area contributed by atoms with E-state index in [0.29, 0.717) is 5.75 Å². The average Bonchev–Trinajstić information content (AvgIpc) is 2.77. The number of aliphatic hydroxyl groups is 1. The lowest BCUT2D eigenvalue weighted by Gasteiger charge is -2.31. The van der Waals surface area contributed by atoms with Crippen LogP contribution < -0.4 is 4.74 Å². The Bertz CT molecular complexity index is 1120. The highest BCUT2D eigenvalue weighted by molar-refractivity contribution is 6.11. The third-order valence-corrected chi connectivity index (χ3v) is 6.15. The Labute approximate surface area is 170 Å². The van der Waals surface area contributed by atoms with Gasteiger partial charge < -0.3 is 14.9 Å². The van der Waals surface area contributed by atoms with Crippen molar-refractivity contribution in [2.75, 3.05) is 13.7 Å². The van der Waals surface area contributed by atoms with Crippen LogP contribution in [0.15, 0.2) is 60.7 Å². The number of hydrogen-bond acceptors (Lipinski definition) is 3. The largest absolute Gasteiger partial charge is 0.504 e. The molecule has 2 aliphatic heterocycles. The Balaban J connectivity index is 1.75. The predicted molar refractivity (Wildman–Crippen MR) is 112 cm³/mol. The first kappa shape index (κ1) is 18.0. The maximum absolute atomic E-state index is 10.4. The minimum atomic E-state index is 0.0690. The number of benzene rings is 3. The third-order valence-electron chi connectivity index (χ3n) is 6.15. The number of rotatable bonds is 3. The summed E-state index contributed by atoms with van der Waals surface area (Å²) in [5.41, 5.74) is 8.19. The maximum atomic E-state index is 10.4. The summed E-state index contributed by atoms with van der Waals surface area (Å²) in [4.78, 5) is 0. The zero-order valence-electron chi connectivity index (χ0n) is 16.4. The van der Waals surface area contributed by atoms with Crippen LogP contribution in [0.3, 0.4) is 0 Å². The van der Waals surface area contributed by atoms with E-state index in [2.05, 4.69) is 41.0 Å². The molecule has 3 aromatic carbocycles. The van der Waals surface area contributed by atoms with Gasteiger partial charge in [-0.3, -0.25) is 0 Å². The van der Waals surface area contributed by atoms with E-state index in [1.165, 1.54) is 22.4 Å². The van der Waals surface area contributed by atoms with Gasteiger partial charge in [-0.2, -0.15) is 0 Å². The fourth-order valence-corrected chi connectivity index (χ4v) is 4.80. The maximum Gasteiger partial charge on any atom is 0.215 e. The number of aromatic hydroxyl groups is 1. The molecule has 2 aliphatic rings. The van der Waals surface area contributed by atoms with Crippen LogP contribution in [0.1, 0.15) is 39.4 Å². The van der Waals surface area contributed by atoms with Crippen molar-refractivity contribution in [3.63, 3.8) is 0 Å². The number of hydrogen-bond donors (Lipinski definition) is 2. The number of phenolic OH excluding ortho intramolecular Hbond substituents is 1. The van der Waals surface area contributed by atoms with Gasteiger partial charge in [0.15, 0.2) is 17.5 Å². The van der Waals surface area contributed by atoms with Crippen LogP contribution in [0, 0.1) is 0 Å². The van der Waals surface area contributed by atoms with Crippen molar-refractivity contribution in [2.24, 2.45) is 0 Å². The molecule has 0 aromatic heterocycles. The molecule has 4 heteroatoms. The van der Waals surface area contributed by atoms with E-state index in [-0.39, 0.29) is 18.4 Å². The van der Waals surface area contributed by atoms with Gasteiger partial charge in [0, 0.05) is 24.0 Å². The Kier molecular flexibility index (Phi) is 4.36. The lowest BCUT2D eigenvalue weighted by atomic mass is 9.82. The fraction of sp³-hybridized carbons (Fsp3) is 0.240. The topological polar surface area (TPSA) is 52.7 Å². The molecule has 5 rings (SSSR count). The second-order valence-electron chi connectivity index (χ2n) is 7.75. The van der Waals surface area contributed by atoms with Crippen molar-refractivity contribution in [3.05, 3.63) is 94.0 Å². The van der Waals surface area contributed by atoms with Gasteiger partial charge in [-0.1, -0.05) is 36.4 Å². The third kappa shape index (κ3) is 2.91. The number of aliphatic hydroxyl groups excluding tert-OH is 1. The molecule has 0 saturated carbocycles. The average molecular weight is 386 g/mol. The molecule has 29 heavy (non-hydrogen) atoms. The second-order valence-corrected chi connectivity index (χ2v) is 7.75. The molecule has 146 valence electrons. The van der Waals surface area contributed by atoms with Crippen LogP contribution in [-0.4, -0.2) is 34.2 Å². The molecule has 0 spiro atoms. The van der Waals surface area contributed by atoms with Crippen LogP contribution in [-0.2, 0) is 19.4 Å². The quantitative estimate of drug-likeness (QED) is 0.677. The van der Waals surface area contributed by atoms with Gasteiger partial charge in [0.2, 0.25) is 5.71 Å². The lowest BCUT2D eigenvalue weighted by molar-refractivity contribution is -0.577. The molecule has 3 aromatic rings. The molecule has 0 saturated heterocycles. The van der Waals surface area contributed by atoms with E-state index in [4.69, 9.17) is 4.74 Å². The highest BCUT2D eigenvalue weighted by atomic mass is 16.5. The zero-order chi connectivity index (χ0) is 20.0. The summed E-state index contributed by atoms with van der Waals surface area (Å²) < 4.78 is 7.90. The van der Waals surface area contributed by atoms with E-state index >= 15 is 0 Å². The number of fused-ring (bicyclic) bond motifs is 4. The second kappa shape index (κ2) is 7.05. The Hall–Kier alpha value is -3.11. The molecule has 0 amide bonds. The van der Waals surface area contributed by atoms with Crippen LogP contribution in [0.2, 0.25) is 0 Å². The molecule has 0 unspecified atom stereocenters. The number of nitrogens with zero attached hydrogens (tertiary/aromatic N) is 1. The van der Waals surface area contributed by atoms with Gasteiger partial charge in [0.1, 0.15) is 6.54 Å². The van der Waals surface area contributed by atoms with E-state index in [1.807, 2.05) is 24.3 Å². The van der Waals surface area contributed by atoms with Gasteiger partial charge in [-0.25, -0.2) is 4.58 Å².